The molecular weight excluding hydrogens is 282 g/mol. The molecule has 0 saturated carbocycles. The van der Waals surface area contributed by atoms with Crippen LogP contribution in [0.15, 0.2) is 17.6 Å². The van der Waals surface area contributed by atoms with E-state index in [1.54, 1.807) is 11.3 Å². The molecule has 0 aliphatic rings. The Kier molecular flexibility index (Phi) is 5.70. The first-order chi connectivity index (χ1) is 10.0. The topological polar surface area (TPSA) is 47.0 Å². The molecule has 0 aliphatic carbocycles. The third kappa shape index (κ3) is 5.10. The van der Waals surface area contributed by atoms with Gasteiger partial charge in [0, 0.05) is 35.6 Å². The van der Waals surface area contributed by atoms with Crippen LogP contribution in [0.25, 0.3) is 0 Å². The van der Waals surface area contributed by atoms with Gasteiger partial charge < -0.3 is 10.1 Å². The fourth-order valence-corrected chi connectivity index (χ4v) is 2.78. The Balaban J connectivity index is 1.91. The highest BCUT2D eigenvalue weighted by molar-refractivity contribution is 7.09. The molecule has 21 heavy (non-hydrogen) atoms. The van der Waals surface area contributed by atoms with Gasteiger partial charge in [-0.2, -0.15) is 0 Å². The van der Waals surface area contributed by atoms with Gasteiger partial charge in [0.1, 0.15) is 0 Å². The minimum Gasteiger partial charge on any atom is -0.477 e. The summed E-state index contributed by atoms with van der Waals surface area (Å²) in [7, 11) is 0. The quantitative estimate of drug-likeness (QED) is 0.853. The first-order valence-electron chi connectivity index (χ1n) is 7.27. The maximum absolute atomic E-state index is 5.80. The van der Waals surface area contributed by atoms with Crippen molar-refractivity contribution in [2.24, 2.45) is 0 Å². The van der Waals surface area contributed by atoms with Crippen molar-refractivity contribution in [3.05, 3.63) is 39.5 Å². The lowest BCUT2D eigenvalue weighted by Crippen LogP contribution is -2.22. The molecule has 0 amide bonds. The number of hydrogen-bond acceptors (Lipinski definition) is 5. The van der Waals surface area contributed by atoms with Gasteiger partial charge >= 0.3 is 0 Å². The van der Waals surface area contributed by atoms with E-state index in [0.29, 0.717) is 18.5 Å². The summed E-state index contributed by atoms with van der Waals surface area (Å²) in [6.07, 6.45) is 0.881. The zero-order valence-corrected chi connectivity index (χ0v) is 14.0. The number of thiazole rings is 1. The molecule has 1 N–H and O–H groups in total. The van der Waals surface area contributed by atoms with Crippen LogP contribution in [0.1, 0.15) is 35.7 Å². The molecule has 2 aromatic heterocycles. The molecule has 4 nitrogen and oxygen atoms in total. The van der Waals surface area contributed by atoms with E-state index in [1.165, 1.54) is 10.4 Å². The van der Waals surface area contributed by atoms with Gasteiger partial charge in [-0.25, -0.2) is 9.97 Å². The predicted molar refractivity (Wildman–Crippen MR) is 87.0 cm³/mol. The summed E-state index contributed by atoms with van der Waals surface area (Å²) < 4.78 is 5.80. The predicted octanol–water partition coefficient (Wildman–Crippen LogP) is 3.27. The van der Waals surface area contributed by atoms with Gasteiger partial charge in [0.15, 0.2) is 0 Å². The fourth-order valence-electron chi connectivity index (χ4n) is 2.02. The number of hydrogen-bond donors (Lipinski definition) is 1. The van der Waals surface area contributed by atoms with Gasteiger partial charge in [-0.1, -0.05) is 13.8 Å². The smallest absolute Gasteiger partial charge is 0.213 e. The Hall–Kier alpha value is -1.46. The molecule has 0 spiro atoms. The van der Waals surface area contributed by atoms with Crippen molar-refractivity contribution in [3.63, 3.8) is 0 Å². The van der Waals surface area contributed by atoms with Crippen LogP contribution in [-0.4, -0.2) is 22.6 Å². The molecule has 0 radical (unpaired) electrons. The van der Waals surface area contributed by atoms with Gasteiger partial charge in [0.05, 0.1) is 17.8 Å². The van der Waals surface area contributed by atoms with Crippen LogP contribution < -0.4 is 10.1 Å². The van der Waals surface area contributed by atoms with Gasteiger partial charge in [0.2, 0.25) is 5.88 Å². The molecule has 0 atom stereocenters. The fraction of sp³-hybridized carbons (Fsp3) is 0.500. The van der Waals surface area contributed by atoms with Crippen LogP contribution in [0.5, 0.6) is 5.88 Å². The second-order valence-corrected chi connectivity index (χ2v) is 6.39. The Labute approximate surface area is 130 Å². The van der Waals surface area contributed by atoms with E-state index in [1.807, 2.05) is 25.4 Å². The molecule has 114 valence electrons. The normalized spacial score (nSPS) is 11.1. The highest BCUT2D eigenvalue weighted by Gasteiger charge is 2.05. The Morgan fingerprint density at radius 2 is 2.10 bits per heavy atom. The first kappa shape index (κ1) is 15.9. The summed E-state index contributed by atoms with van der Waals surface area (Å²) in [5, 5.41) is 3.41. The molecule has 0 aliphatic heterocycles. The zero-order valence-electron chi connectivity index (χ0n) is 13.1. The van der Waals surface area contributed by atoms with Crippen LogP contribution in [0, 0.1) is 13.8 Å². The summed E-state index contributed by atoms with van der Waals surface area (Å²) in [4.78, 5) is 9.97. The Morgan fingerprint density at radius 1 is 1.29 bits per heavy atom. The monoisotopic (exact) mass is 305 g/mol. The van der Waals surface area contributed by atoms with Crippen molar-refractivity contribution < 1.29 is 4.74 Å². The van der Waals surface area contributed by atoms with Crippen molar-refractivity contribution >= 4 is 11.3 Å². The highest BCUT2D eigenvalue weighted by Crippen LogP contribution is 2.15. The average molecular weight is 305 g/mol. The number of aryl methyl sites for hydroxylation is 2. The highest BCUT2D eigenvalue weighted by atomic mass is 32.1. The van der Waals surface area contributed by atoms with Crippen LogP contribution in [0.3, 0.4) is 0 Å². The van der Waals surface area contributed by atoms with Crippen LogP contribution in [-0.2, 0) is 13.0 Å². The van der Waals surface area contributed by atoms with E-state index in [4.69, 9.17) is 4.74 Å². The van der Waals surface area contributed by atoms with E-state index in [2.05, 4.69) is 35.2 Å². The van der Waals surface area contributed by atoms with Gasteiger partial charge in [0.25, 0.3) is 0 Å². The minimum atomic E-state index is 0.470. The molecule has 5 heteroatoms. The van der Waals surface area contributed by atoms with Crippen LogP contribution >= 0.6 is 11.3 Å². The van der Waals surface area contributed by atoms with Crippen molar-refractivity contribution in [2.75, 3.05) is 6.61 Å². The van der Waals surface area contributed by atoms with E-state index >= 15 is 0 Å². The van der Waals surface area contributed by atoms with Gasteiger partial charge in [-0.15, -0.1) is 11.3 Å². The SMILES string of the molecule is Cc1cc(CNC(C)C)cc(OCCc2scnc2C)n1. The van der Waals surface area contributed by atoms with Crippen molar-refractivity contribution in [1.29, 1.82) is 0 Å². The minimum absolute atomic E-state index is 0.470. The molecule has 0 aromatic carbocycles. The summed E-state index contributed by atoms with van der Waals surface area (Å²) in [5.41, 5.74) is 5.18. The first-order valence-corrected chi connectivity index (χ1v) is 8.15. The number of rotatable bonds is 7. The average Bonchev–Trinajstić information content (AvgIpc) is 2.82. The van der Waals surface area contributed by atoms with E-state index < -0.39 is 0 Å². The van der Waals surface area contributed by atoms with Crippen molar-refractivity contribution in [3.8, 4) is 5.88 Å². The molecule has 2 heterocycles. The number of ether oxygens (including phenoxy) is 1. The number of aromatic nitrogens is 2. The maximum atomic E-state index is 5.80. The van der Waals surface area contributed by atoms with E-state index in [-0.39, 0.29) is 0 Å². The van der Waals surface area contributed by atoms with E-state index in [9.17, 15) is 0 Å². The second-order valence-electron chi connectivity index (χ2n) is 5.45. The van der Waals surface area contributed by atoms with Crippen LogP contribution in [0.4, 0.5) is 0 Å². The van der Waals surface area contributed by atoms with Crippen LogP contribution in [0.2, 0.25) is 0 Å². The Morgan fingerprint density at radius 3 is 2.76 bits per heavy atom. The number of nitrogens with zero attached hydrogens (tertiary/aromatic N) is 2. The lowest BCUT2D eigenvalue weighted by molar-refractivity contribution is 0.309. The molecular formula is C16H23N3OS. The standard InChI is InChI=1S/C16H23N3OS/c1-11(2)17-9-14-7-12(3)19-16(8-14)20-6-5-15-13(4)18-10-21-15/h7-8,10-11,17H,5-6,9H2,1-4H3. The van der Waals surface area contributed by atoms with Gasteiger partial charge in [-0.3, -0.25) is 0 Å². The molecule has 0 saturated heterocycles. The molecule has 0 bridgehead atoms. The Bertz CT molecular complexity index is 581. The third-order valence-corrected chi connectivity index (χ3v) is 4.12. The molecule has 2 rings (SSSR count). The number of nitrogens with one attached hydrogen (secondary N) is 1. The van der Waals surface area contributed by atoms with Gasteiger partial charge in [-0.05, 0) is 25.5 Å². The summed E-state index contributed by atoms with van der Waals surface area (Å²) in [6.45, 7) is 9.79. The summed E-state index contributed by atoms with van der Waals surface area (Å²) in [6, 6.07) is 4.58. The third-order valence-electron chi connectivity index (χ3n) is 3.13. The zero-order chi connectivity index (χ0) is 15.2. The van der Waals surface area contributed by atoms with E-state index in [0.717, 1.165) is 24.4 Å². The molecule has 0 fully saturated rings. The molecule has 0 unspecified atom stereocenters. The van der Waals surface area contributed by atoms with Crippen molar-refractivity contribution in [1.82, 2.24) is 15.3 Å². The van der Waals surface area contributed by atoms with Crippen molar-refractivity contribution in [2.45, 2.75) is 46.7 Å². The summed E-state index contributed by atoms with van der Waals surface area (Å²) >= 11 is 1.68. The number of pyridine rings is 1. The largest absolute Gasteiger partial charge is 0.477 e. The maximum Gasteiger partial charge on any atom is 0.213 e. The summed E-state index contributed by atoms with van der Waals surface area (Å²) in [5.74, 6) is 0.706. The molecule has 2 aromatic rings. The lowest BCUT2D eigenvalue weighted by atomic mass is 10.2. The lowest BCUT2D eigenvalue weighted by Gasteiger charge is -2.11. The second kappa shape index (κ2) is 7.52.